The second-order valence-corrected chi connectivity index (χ2v) is 6.81. The molecular weight excluding hydrogens is 416 g/mol. The molecule has 1 amide bonds. The van der Waals surface area contributed by atoms with E-state index in [0.717, 1.165) is 12.1 Å². The Morgan fingerprint density at radius 3 is 2.67 bits per heavy atom. The number of benzene rings is 1. The molecule has 0 radical (unpaired) electrons. The Morgan fingerprint density at radius 2 is 2.00 bits per heavy atom. The van der Waals surface area contributed by atoms with Crippen LogP contribution in [0.5, 0.6) is 0 Å². The molecule has 1 fully saturated rings. The summed E-state index contributed by atoms with van der Waals surface area (Å²) in [6.07, 6.45) is 0.739. The Balaban J connectivity index is 1.84. The van der Waals surface area contributed by atoms with Gasteiger partial charge in [0, 0.05) is 18.8 Å². The molecule has 8 heteroatoms. The van der Waals surface area contributed by atoms with E-state index < -0.39 is 11.9 Å². The van der Waals surface area contributed by atoms with Gasteiger partial charge in [-0.25, -0.2) is 4.79 Å². The van der Waals surface area contributed by atoms with E-state index in [0.29, 0.717) is 48.8 Å². The van der Waals surface area contributed by atoms with Crippen molar-refractivity contribution in [2.24, 2.45) is 0 Å². The van der Waals surface area contributed by atoms with Crippen molar-refractivity contribution in [1.82, 2.24) is 0 Å². The van der Waals surface area contributed by atoms with Crippen molar-refractivity contribution in [3.8, 4) is 0 Å². The van der Waals surface area contributed by atoms with Crippen LogP contribution in [-0.4, -0.2) is 44.8 Å². The summed E-state index contributed by atoms with van der Waals surface area (Å²) in [5.41, 5.74) is 1.69. The Bertz CT molecular complexity index is 814. The molecule has 1 aromatic heterocycles. The van der Waals surface area contributed by atoms with Gasteiger partial charge < -0.3 is 24.1 Å². The van der Waals surface area contributed by atoms with Gasteiger partial charge in [0.25, 0.3) is 5.91 Å². The molecule has 1 aliphatic rings. The van der Waals surface area contributed by atoms with Crippen molar-refractivity contribution in [2.75, 3.05) is 43.1 Å². The number of carbonyl (C=O) groups excluding carboxylic acids is 2. The zero-order valence-electron chi connectivity index (χ0n) is 15.0. The van der Waals surface area contributed by atoms with E-state index in [9.17, 15) is 9.59 Å². The Morgan fingerprint density at radius 1 is 1.22 bits per heavy atom. The molecule has 0 spiro atoms. The number of nitrogens with one attached hydrogen (secondary N) is 1. The van der Waals surface area contributed by atoms with Gasteiger partial charge >= 0.3 is 5.97 Å². The molecular formula is C19H21BrN2O5. The van der Waals surface area contributed by atoms with E-state index in [4.69, 9.17) is 13.9 Å². The molecule has 27 heavy (non-hydrogen) atoms. The molecule has 1 aliphatic heterocycles. The van der Waals surface area contributed by atoms with E-state index >= 15 is 0 Å². The number of carbonyl (C=O) groups is 2. The molecule has 1 N–H and O–H groups in total. The summed E-state index contributed by atoms with van der Waals surface area (Å²) in [5.74, 6) is -0.628. The second kappa shape index (κ2) is 9.05. The highest BCUT2D eigenvalue weighted by Crippen LogP contribution is 2.27. The van der Waals surface area contributed by atoms with Crippen LogP contribution >= 0.6 is 15.9 Å². The lowest BCUT2D eigenvalue weighted by molar-refractivity contribution is 0.0504. The van der Waals surface area contributed by atoms with E-state index in [-0.39, 0.29) is 5.76 Å². The molecule has 0 aliphatic carbocycles. The summed E-state index contributed by atoms with van der Waals surface area (Å²) in [7, 11) is 0. The van der Waals surface area contributed by atoms with Gasteiger partial charge in [0.1, 0.15) is 0 Å². The number of hydrogen-bond donors (Lipinski definition) is 1. The number of furan rings is 1. The van der Waals surface area contributed by atoms with Crippen LogP contribution < -0.4 is 10.2 Å². The summed E-state index contributed by atoms with van der Waals surface area (Å²) in [6.45, 7) is 4.89. The topological polar surface area (TPSA) is 81.0 Å². The van der Waals surface area contributed by atoms with Crippen LogP contribution in [0.3, 0.4) is 0 Å². The summed E-state index contributed by atoms with van der Waals surface area (Å²) in [4.78, 5) is 26.9. The third-order valence-corrected chi connectivity index (χ3v) is 4.49. The highest BCUT2D eigenvalue weighted by molar-refractivity contribution is 9.10. The number of esters is 1. The highest BCUT2D eigenvalue weighted by atomic mass is 79.9. The van der Waals surface area contributed by atoms with E-state index in [1.807, 2.05) is 13.0 Å². The zero-order valence-corrected chi connectivity index (χ0v) is 16.6. The highest BCUT2D eigenvalue weighted by Gasteiger charge is 2.21. The van der Waals surface area contributed by atoms with Crippen molar-refractivity contribution in [3.63, 3.8) is 0 Å². The van der Waals surface area contributed by atoms with Crippen molar-refractivity contribution in [2.45, 2.75) is 13.3 Å². The largest absolute Gasteiger partial charge is 0.462 e. The summed E-state index contributed by atoms with van der Waals surface area (Å²) >= 11 is 3.17. The first-order chi connectivity index (χ1) is 13.1. The van der Waals surface area contributed by atoms with Gasteiger partial charge in [0.15, 0.2) is 10.4 Å². The molecule has 3 rings (SSSR count). The number of halogens is 1. The Hall–Kier alpha value is -2.32. The molecule has 0 unspecified atom stereocenters. The average molecular weight is 437 g/mol. The fraction of sp³-hybridized carbons (Fsp3) is 0.368. The minimum absolute atomic E-state index is 0.175. The molecule has 2 aromatic rings. The Kier molecular flexibility index (Phi) is 6.52. The van der Waals surface area contributed by atoms with Crippen LogP contribution in [0, 0.1) is 0 Å². The second-order valence-electron chi connectivity index (χ2n) is 6.03. The van der Waals surface area contributed by atoms with Crippen LogP contribution in [0.4, 0.5) is 11.4 Å². The monoisotopic (exact) mass is 436 g/mol. The molecule has 2 heterocycles. The lowest BCUT2D eigenvalue weighted by Crippen LogP contribution is -2.37. The molecule has 1 saturated heterocycles. The quantitative estimate of drug-likeness (QED) is 0.695. The number of rotatable bonds is 6. The molecule has 144 valence electrons. The lowest BCUT2D eigenvalue weighted by atomic mass is 10.1. The number of amides is 1. The van der Waals surface area contributed by atoms with Gasteiger partial charge in [-0.2, -0.15) is 0 Å². The smallest absolute Gasteiger partial charge is 0.340 e. The Labute approximate surface area is 165 Å². The fourth-order valence-electron chi connectivity index (χ4n) is 2.76. The average Bonchev–Trinajstić information content (AvgIpc) is 3.13. The van der Waals surface area contributed by atoms with Crippen LogP contribution in [-0.2, 0) is 9.47 Å². The van der Waals surface area contributed by atoms with Crippen molar-refractivity contribution in [1.29, 1.82) is 0 Å². The van der Waals surface area contributed by atoms with E-state index in [1.165, 1.54) is 0 Å². The van der Waals surface area contributed by atoms with Crippen LogP contribution in [0.2, 0.25) is 0 Å². The van der Waals surface area contributed by atoms with Gasteiger partial charge in [-0.05, 0) is 52.7 Å². The minimum Gasteiger partial charge on any atom is -0.462 e. The molecule has 0 atom stereocenters. The zero-order chi connectivity index (χ0) is 19.2. The van der Waals surface area contributed by atoms with E-state index in [2.05, 4.69) is 26.1 Å². The van der Waals surface area contributed by atoms with Gasteiger partial charge in [0.05, 0.1) is 31.1 Å². The van der Waals surface area contributed by atoms with Gasteiger partial charge in [-0.1, -0.05) is 6.92 Å². The minimum atomic E-state index is -0.407. The molecule has 0 saturated carbocycles. The molecule has 0 bridgehead atoms. The summed E-state index contributed by atoms with van der Waals surface area (Å²) < 4.78 is 16.4. The maximum Gasteiger partial charge on any atom is 0.340 e. The van der Waals surface area contributed by atoms with Crippen LogP contribution in [0.15, 0.2) is 39.4 Å². The summed E-state index contributed by atoms with van der Waals surface area (Å²) in [6, 6.07) is 8.43. The van der Waals surface area contributed by atoms with E-state index in [1.54, 1.807) is 24.3 Å². The number of ether oxygens (including phenoxy) is 2. The standard InChI is InChI=1S/C19H21BrN2O5/c1-2-9-26-19(24)14-12-13(21-18(23)16-5-6-17(20)27-16)3-4-15(14)22-7-10-25-11-8-22/h3-6,12H,2,7-11H2,1H3,(H,21,23). The van der Waals surface area contributed by atoms with Gasteiger partial charge in [-0.3, -0.25) is 4.79 Å². The molecule has 7 nitrogen and oxygen atoms in total. The van der Waals surface area contributed by atoms with Crippen LogP contribution in [0.1, 0.15) is 34.3 Å². The first-order valence-electron chi connectivity index (χ1n) is 8.79. The third kappa shape index (κ3) is 4.90. The van der Waals surface area contributed by atoms with Crippen LogP contribution in [0.25, 0.3) is 0 Å². The summed E-state index contributed by atoms with van der Waals surface area (Å²) in [5, 5.41) is 2.75. The van der Waals surface area contributed by atoms with Crippen molar-refractivity contribution in [3.05, 3.63) is 46.3 Å². The number of nitrogens with zero attached hydrogens (tertiary/aromatic N) is 1. The lowest BCUT2D eigenvalue weighted by Gasteiger charge is -2.30. The number of morpholine rings is 1. The van der Waals surface area contributed by atoms with Crippen molar-refractivity contribution < 1.29 is 23.5 Å². The SMILES string of the molecule is CCCOC(=O)c1cc(NC(=O)c2ccc(Br)o2)ccc1N1CCOCC1. The number of hydrogen-bond acceptors (Lipinski definition) is 6. The van der Waals surface area contributed by atoms with Crippen molar-refractivity contribution >= 4 is 39.2 Å². The first-order valence-corrected chi connectivity index (χ1v) is 9.58. The third-order valence-electron chi connectivity index (χ3n) is 4.06. The predicted octanol–water partition coefficient (Wildman–Crippen LogP) is 3.70. The van der Waals surface area contributed by atoms with Gasteiger partial charge in [-0.15, -0.1) is 0 Å². The predicted molar refractivity (Wildman–Crippen MR) is 104 cm³/mol. The maximum absolute atomic E-state index is 12.6. The maximum atomic E-state index is 12.6. The first kappa shape index (κ1) is 19.4. The number of anilines is 2. The molecule has 1 aromatic carbocycles. The normalized spacial score (nSPS) is 14.1. The van der Waals surface area contributed by atoms with Gasteiger partial charge in [0.2, 0.25) is 0 Å². The fourth-order valence-corrected chi connectivity index (χ4v) is 3.07.